The zero-order valence-electron chi connectivity index (χ0n) is 11.8. The third-order valence-electron chi connectivity index (χ3n) is 4.05. The normalized spacial score (nSPS) is 13.8. The minimum absolute atomic E-state index is 0.626. The van der Waals surface area contributed by atoms with E-state index in [2.05, 4.69) is 36.2 Å². The smallest absolute Gasteiger partial charge is 0.141 e. The fourth-order valence-electron chi connectivity index (χ4n) is 2.96. The molecule has 0 spiro atoms. The summed E-state index contributed by atoms with van der Waals surface area (Å²) in [4.78, 5) is 11.8. The van der Waals surface area contributed by atoms with E-state index in [-0.39, 0.29) is 0 Å². The second-order valence-electron chi connectivity index (χ2n) is 5.63. The molecule has 0 saturated heterocycles. The Bertz CT molecular complexity index is 821. The van der Waals surface area contributed by atoms with Crippen molar-refractivity contribution in [3.05, 3.63) is 56.8 Å². The predicted octanol–water partition coefficient (Wildman–Crippen LogP) is 4.73. The van der Waals surface area contributed by atoms with Gasteiger partial charge in [-0.05, 0) is 37.3 Å². The maximum atomic E-state index is 6.43. The number of hydrogen-bond acceptors (Lipinski definition) is 3. The number of hydrogen-bond donors (Lipinski definition) is 0. The first-order valence-electron chi connectivity index (χ1n) is 7.23. The minimum atomic E-state index is 0.626. The van der Waals surface area contributed by atoms with Gasteiger partial charge >= 0.3 is 0 Å². The molecule has 0 atom stereocenters. The molecule has 0 bridgehead atoms. The van der Waals surface area contributed by atoms with E-state index in [1.165, 1.54) is 34.4 Å². The summed E-state index contributed by atoms with van der Waals surface area (Å²) in [6.45, 7) is 2.09. The van der Waals surface area contributed by atoms with E-state index in [0.29, 0.717) is 5.15 Å². The fraction of sp³-hybridized carbons (Fsp3) is 0.294. The monoisotopic (exact) mass is 314 g/mol. The topological polar surface area (TPSA) is 25.8 Å². The van der Waals surface area contributed by atoms with E-state index in [9.17, 15) is 0 Å². The third kappa shape index (κ3) is 2.34. The maximum Gasteiger partial charge on any atom is 0.141 e. The molecule has 0 aliphatic heterocycles. The van der Waals surface area contributed by atoms with Gasteiger partial charge in [0.2, 0.25) is 0 Å². The molecule has 2 nitrogen and oxygen atoms in total. The number of aryl methyl sites for hydroxylation is 3. The molecule has 1 aromatic carbocycles. The van der Waals surface area contributed by atoms with Crippen molar-refractivity contribution < 1.29 is 0 Å². The Kier molecular flexibility index (Phi) is 3.20. The first-order valence-corrected chi connectivity index (χ1v) is 8.42. The Balaban J connectivity index is 1.75. The second kappa shape index (κ2) is 5.08. The number of fused-ring (bicyclic) bond motifs is 3. The standard InChI is InChI=1S/C17H15ClN2S/c1-10-5-7-11(8-6-10)9-14-19-16(18)15-12-3-2-4-13(12)21-17(15)20-14/h5-8H,2-4,9H2,1H3. The molecule has 0 unspecified atom stereocenters. The van der Waals surface area contributed by atoms with E-state index in [1.807, 2.05) is 0 Å². The third-order valence-corrected chi connectivity index (χ3v) is 5.51. The molecule has 2 heterocycles. The predicted molar refractivity (Wildman–Crippen MR) is 88.4 cm³/mol. The molecule has 3 aromatic rings. The van der Waals surface area contributed by atoms with Crippen molar-refractivity contribution in [3.8, 4) is 0 Å². The lowest BCUT2D eigenvalue weighted by Gasteiger charge is -2.04. The Hall–Kier alpha value is -1.45. The molecule has 2 aromatic heterocycles. The van der Waals surface area contributed by atoms with E-state index in [4.69, 9.17) is 16.6 Å². The largest absolute Gasteiger partial charge is 0.222 e. The van der Waals surface area contributed by atoms with Crippen LogP contribution in [-0.2, 0) is 19.3 Å². The van der Waals surface area contributed by atoms with Crippen LogP contribution in [0.4, 0.5) is 0 Å². The zero-order chi connectivity index (χ0) is 14.4. The van der Waals surface area contributed by atoms with E-state index in [0.717, 1.165) is 28.9 Å². The molecule has 0 fully saturated rings. The van der Waals surface area contributed by atoms with Crippen LogP contribution in [0, 0.1) is 6.92 Å². The van der Waals surface area contributed by atoms with E-state index in [1.54, 1.807) is 11.3 Å². The molecule has 0 amide bonds. The molecule has 1 aliphatic rings. The number of nitrogens with zero attached hydrogens (tertiary/aromatic N) is 2. The van der Waals surface area contributed by atoms with Gasteiger partial charge < -0.3 is 0 Å². The molecule has 1 aliphatic carbocycles. The lowest BCUT2D eigenvalue weighted by Crippen LogP contribution is -1.97. The van der Waals surface area contributed by atoms with Crippen molar-refractivity contribution in [1.82, 2.24) is 9.97 Å². The summed E-state index contributed by atoms with van der Waals surface area (Å²) in [6, 6.07) is 8.50. The van der Waals surface area contributed by atoms with Crippen molar-refractivity contribution in [2.24, 2.45) is 0 Å². The Morgan fingerprint density at radius 1 is 1.14 bits per heavy atom. The summed E-state index contributed by atoms with van der Waals surface area (Å²) in [6.07, 6.45) is 4.26. The van der Waals surface area contributed by atoms with Gasteiger partial charge in [-0.3, -0.25) is 0 Å². The van der Waals surface area contributed by atoms with Crippen LogP contribution < -0.4 is 0 Å². The maximum absolute atomic E-state index is 6.43. The van der Waals surface area contributed by atoms with Crippen LogP contribution in [0.1, 0.15) is 33.8 Å². The van der Waals surface area contributed by atoms with Crippen molar-refractivity contribution in [3.63, 3.8) is 0 Å². The molecule has 106 valence electrons. The number of aromatic nitrogens is 2. The molecule has 4 rings (SSSR count). The molecular formula is C17H15ClN2S. The van der Waals surface area contributed by atoms with Crippen LogP contribution in [0.25, 0.3) is 10.2 Å². The average molecular weight is 315 g/mol. The van der Waals surface area contributed by atoms with Crippen LogP contribution in [0.2, 0.25) is 5.15 Å². The second-order valence-corrected chi connectivity index (χ2v) is 7.07. The highest BCUT2D eigenvalue weighted by atomic mass is 35.5. The number of rotatable bonds is 2. The van der Waals surface area contributed by atoms with Crippen molar-refractivity contribution in [2.45, 2.75) is 32.6 Å². The molecule has 0 radical (unpaired) electrons. The SMILES string of the molecule is Cc1ccc(Cc2nc(Cl)c3c4c(sc3n2)CCC4)cc1. The molecule has 21 heavy (non-hydrogen) atoms. The minimum Gasteiger partial charge on any atom is -0.222 e. The van der Waals surface area contributed by atoms with Gasteiger partial charge in [-0.2, -0.15) is 0 Å². The zero-order valence-corrected chi connectivity index (χ0v) is 13.4. The average Bonchev–Trinajstić information content (AvgIpc) is 3.01. The van der Waals surface area contributed by atoms with Crippen LogP contribution in [0.15, 0.2) is 24.3 Å². The molecule has 0 saturated carbocycles. The van der Waals surface area contributed by atoms with Gasteiger partial charge in [0.1, 0.15) is 15.8 Å². The fourth-order valence-corrected chi connectivity index (χ4v) is 4.60. The van der Waals surface area contributed by atoms with Gasteiger partial charge in [0.15, 0.2) is 0 Å². The number of benzene rings is 1. The summed E-state index contributed by atoms with van der Waals surface area (Å²) in [7, 11) is 0. The quantitative estimate of drug-likeness (QED) is 0.639. The van der Waals surface area contributed by atoms with Crippen LogP contribution in [-0.4, -0.2) is 9.97 Å². The van der Waals surface area contributed by atoms with Gasteiger partial charge in [0.25, 0.3) is 0 Å². The Morgan fingerprint density at radius 2 is 1.95 bits per heavy atom. The molecule has 0 N–H and O–H groups in total. The van der Waals surface area contributed by atoms with E-state index >= 15 is 0 Å². The van der Waals surface area contributed by atoms with Crippen molar-refractivity contribution in [1.29, 1.82) is 0 Å². The highest BCUT2D eigenvalue weighted by molar-refractivity contribution is 7.19. The summed E-state index contributed by atoms with van der Waals surface area (Å²) in [5.41, 5.74) is 3.88. The summed E-state index contributed by atoms with van der Waals surface area (Å²) in [5.74, 6) is 0.816. The number of halogens is 1. The molecular weight excluding hydrogens is 300 g/mol. The van der Waals surface area contributed by atoms with Crippen LogP contribution >= 0.6 is 22.9 Å². The van der Waals surface area contributed by atoms with Gasteiger partial charge in [-0.1, -0.05) is 41.4 Å². The Morgan fingerprint density at radius 3 is 2.76 bits per heavy atom. The lowest BCUT2D eigenvalue weighted by molar-refractivity contribution is 0.916. The lowest BCUT2D eigenvalue weighted by atomic mass is 10.1. The van der Waals surface area contributed by atoms with E-state index < -0.39 is 0 Å². The van der Waals surface area contributed by atoms with Gasteiger partial charge in [0.05, 0.1) is 5.39 Å². The van der Waals surface area contributed by atoms with Gasteiger partial charge in [-0.25, -0.2) is 9.97 Å². The molecule has 4 heteroatoms. The highest BCUT2D eigenvalue weighted by Crippen LogP contribution is 2.39. The van der Waals surface area contributed by atoms with Gasteiger partial charge in [-0.15, -0.1) is 11.3 Å². The van der Waals surface area contributed by atoms with Gasteiger partial charge in [0, 0.05) is 11.3 Å². The van der Waals surface area contributed by atoms with Crippen molar-refractivity contribution in [2.75, 3.05) is 0 Å². The van der Waals surface area contributed by atoms with Crippen LogP contribution in [0.3, 0.4) is 0 Å². The first kappa shape index (κ1) is 13.2. The van der Waals surface area contributed by atoms with Crippen molar-refractivity contribution >= 4 is 33.2 Å². The summed E-state index contributed by atoms with van der Waals surface area (Å²) >= 11 is 8.23. The number of thiophene rings is 1. The summed E-state index contributed by atoms with van der Waals surface area (Å²) in [5, 5.41) is 1.73. The Labute approximate surface area is 132 Å². The first-order chi connectivity index (χ1) is 10.2. The summed E-state index contributed by atoms with van der Waals surface area (Å²) < 4.78 is 0. The van der Waals surface area contributed by atoms with Crippen LogP contribution in [0.5, 0.6) is 0 Å². The highest BCUT2D eigenvalue weighted by Gasteiger charge is 2.21.